The van der Waals surface area contributed by atoms with Crippen molar-refractivity contribution in [1.29, 1.82) is 0 Å². The summed E-state index contributed by atoms with van der Waals surface area (Å²) in [6.45, 7) is 4.19. The van der Waals surface area contributed by atoms with E-state index in [-0.39, 0.29) is 23.4 Å². The molecule has 1 fully saturated rings. The van der Waals surface area contributed by atoms with Crippen LogP contribution >= 0.6 is 0 Å². The van der Waals surface area contributed by atoms with Crippen molar-refractivity contribution in [3.05, 3.63) is 42.5 Å². The number of fused-ring (bicyclic) bond motifs is 1. The van der Waals surface area contributed by atoms with Crippen LogP contribution in [0.4, 0.5) is 0 Å². The lowest BCUT2D eigenvalue weighted by atomic mass is 9.78. The fourth-order valence-corrected chi connectivity index (χ4v) is 5.00. The highest BCUT2D eigenvalue weighted by atomic mass is 32.2. The molecule has 2 aromatic rings. The molecule has 27 heavy (non-hydrogen) atoms. The number of rotatable bonds is 5. The highest BCUT2D eigenvalue weighted by Gasteiger charge is 2.29. The lowest BCUT2D eigenvalue weighted by Gasteiger charge is -2.34. The number of benzene rings is 2. The minimum atomic E-state index is -3.72. The fraction of sp³-hybridized carbons (Fsp3) is 0.476. The molecule has 5 nitrogen and oxygen atoms in total. The molecule has 0 aromatic heterocycles. The maximum atomic E-state index is 12.9. The van der Waals surface area contributed by atoms with Gasteiger partial charge in [0.2, 0.25) is 15.9 Å². The molecule has 0 bridgehead atoms. The van der Waals surface area contributed by atoms with E-state index in [9.17, 15) is 13.2 Å². The minimum absolute atomic E-state index is 0.123. The van der Waals surface area contributed by atoms with E-state index < -0.39 is 10.0 Å². The van der Waals surface area contributed by atoms with Crippen molar-refractivity contribution in [3.63, 3.8) is 0 Å². The summed E-state index contributed by atoms with van der Waals surface area (Å²) < 4.78 is 26.9. The first kappa shape index (κ1) is 19.8. The van der Waals surface area contributed by atoms with Gasteiger partial charge in [-0.1, -0.05) is 57.0 Å². The van der Waals surface area contributed by atoms with Gasteiger partial charge in [0, 0.05) is 13.1 Å². The third-order valence-corrected chi connectivity index (χ3v) is 7.65. The molecule has 2 aromatic carbocycles. The average Bonchev–Trinajstić information content (AvgIpc) is 2.65. The predicted octanol–water partition coefficient (Wildman–Crippen LogP) is 3.40. The lowest BCUT2D eigenvalue weighted by molar-refractivity contribution is -0.122. The summed E-state index contributed by atoms with van der Waals surface area (Å²) in [5.41, 5.74) is 0. The average molecular weight is 389 g/mol. The second kappa shape index (κ2) is 7.98. The van der Waals surface area contributed by atoms with Crippen molar-refractivity contribution in [1.82, 2.24) is 9.62 Å². The van der Waals surface area contributed by atoms with Gasteiger partial charge in [0.25, 0.3) is 0 Å². The van der Waals surface area contributed by atoms with Gasteiger partial charge in [0.1, 0.15) is 0 Å². The van der Waals surface area contributed by atoms with Gasteiger partial charge >= 0.3 is 0 Å². The first-order valence-corrected chi connectivity index (χ1v) is 11.0. The Hall–Kier alpha value is -1.92. The van der Waals surface area contributed by atoms with E-state index in [1.807, 2.05) is 24.3 Å². The van der Waals surface area contributed by atoms with Gasteiger partial charge in [0.15, 0.2) is 0 Å². The summed E-state index contributed by atoms with van der Waals surface area (Å²) in [6, 6.07) is 12.8. The molecule has 3 atom stereocenters. The summed E-state index contributed by atoms with van der Waals surface area (Å²) >= 11 is 0. The Kier molecular flexibility index (Phi) is 5.86. The van der Waals surface area contributed by atoms with Gasteiger partial charge in [-0.05, 0) is 41.2 Å². The van der Waals surface area contributed by atoms with Crippen LogP contribution in [0.15, 0.2) is 47.4 Å². The lowest BCUT2D eigenvalue weighted by Crippen LogP contribution is -2.47. The molecule has 3 unspecified atom stereocenters. The van der Waals surface area contributed by atoms with E-state index in [0.717, 1.165) is 27.9 Å². The van der Waals surface area contributed by atoms with Crippen molar-refractivity contribution in [3.8, 4) is 0 Å². The SMILES string of the molecule is CC1CCCC(NC(=O)CN(C)S(=O)(=O)c2ccc3ccccc3c2)C1C. The topological polar surface area (TPSA) is 66.5 Å². The van der Waals surface area contributed by atoms with Crippen molar-refractivity contribution >= 4 is 26.7 Å². The van der Waals surface area contributed by atoms with Gasteiger partial charge in [-0.2, -0.15) is 4.31 Å². The molecular weight excluding hydrogens is 360 g/mol. The largest absolute Gasteiger partial charge is 0.352 e. The number of sulfonamides is 1. The van der Waals surface area contributed by atoms with Gasteiger partial charge < -0.3 is 5.32 Å². The molecular formula is C21H28N2O3S. The summed E-state index contributed by atoms with van der Waals surface area (Å²) in [7, 11) is -2.26. The fourth-order valence-electron chi connectivity index (χ4n) is 3.83. The zero-order chi connectivity index (χ0) is 19.6. The van der Waals surface area contributed by atoms with Crippen LogP contribution in [-0.4, -0.2) is 38.3 Å². The smallest absolute Gasteiger partial charge is 0.243 e. The Balaban J connectivity index is 1.69. The molecule has 1 amide bonds. The maximum absolute atomic E-state index is 12.9. The molecule has 0 spiro atoms. The second-order valence-electron chi connectivity index (χ2n) is 7.71. The Morgan fingerprint density at radius 2 is 1.81 bits per heavy atom. The molecule has 0 radical (unpaired) electrons. The van der Waals surface area contributed by atoms with Gasteiger partial charge in [-0.3, -0.25) is 4.79 Å². The molecule has 146 valence electrons. The third kappa shape index (κ3) is 4.33. The molecule has 0 aliphatic heterocycles. The van der Waals surface area contributed by atoms with Gasteiger partial charge in [-0.25, -0.2) is 8.42 Å². The molecule has 0 heterocycles. The number of nitrogens with zero attached hydrogens (tertiary/aromatic N) is 1. The molecule has 3 rings (SSSR count). The monoisotopic (exact) mass is 388 g/mol. The van der Waals surface area contributed by atoms with E-state index in [1.165, 1.54) is 13.5 Å². The van der Waals surface area contributed by atoms with E-state index in [4.69, 9.17) is 0 Å². The van der Waals surface area contributed by atoms with Crippen LogP contribution in [0, 0.1) is 11.8 Å². The maximum Gasteiger partial charge on any atom is 0.243 e. The number of carbonyl (C=O) groups is 1. The van der Waals surface area contributed by atoms with Crippen LogP contribution in [0.1, 0.15) is 33.1 Å². The molecule has 1 aliphatic carbocycles. The van der Waals surface area contributed by atoms with Crippen LogP contribution in [0.3, 0.4) is 0 Å². The van der Waals surface area contributed by atoms with Crippen molar-refractivity contribution < 1.29 is 13.2 Å². The molecule has 1 aliphatic rings. The number of amides is 1. The second-order valence-corrected chi connectivity index (χ2v) is 9.76. The first-order chi connectivity index (χ1) is 12.8. The Labute approximate surface area is 161 Å². The Morgan fingerprint density at radius 1 is 1.11 bits per heavy atom. The van der Waals surface area contributed by atoms with E-state index in [0.29, 0.717) is 11.8 Å². The summed E-state index contributed by atoms with van der Waals surface area (Å²) in [4.78, 5) is 12.7. The first-order valence-electron chi connectivity index (χ1n) is 9.53. The van der Waals surface area contributed by atoms with Crippen LogP contribution in [-0.2, 0) is 14.8 Å². The predicted molar refractivity (Wildman–Crippen MR) is 108 cm³/mol. The van der Waals surface area contributed by atoms with Crippen molar-refractivity contribution in [2.45, 2.75) is 44.0 Å². The van der Waals surface area contributed by atoms with Crippen molar-refractivity contribution in [2.75, 3.05) is 13.6 Å². The molecule has 0 saturated heterocycles. The van der Waals surface area contributed by atoms with Crippen LogP contribution in [0.25, 0.3) is 10.8 Å². The summed E-state index contributed by atoms with van der Waals surface area (Å²) in [6.07, 6.45) is 3.24. The van der Waals surface area contributed by atoms with E-state index in [1.54, 1.807) is 18.2 Å². The quantitative estimate of drug-likeness (QED) is 0.854. The van der Waals surface area contributed by atoms with Gasteiger partial charge in [-0.15, -0.1) is 0 Å². The van der Waals surface area contributed by atoms with E-state index >= 15 is 0 Å². The molecule has 1 saturated carbocycles. The standard InChI is InChI=1S/C21H28N2O3S/c1-15-7-6-10-20(16(15)2)22-21(24)14-23(3)27(25,26)19-12-11-17-8-4-5-9-18(17)13-19/h4-5,8-9,11-13,15-16,20H,6-7,10,14H2,1-3H3,(H,22,24). The van der Waals surface area contributed by atoms with E-state index in [2.05, 4.69) is 19.2 Å². The normalized spacial score (nSPS) is 23.5. The zero-order valence-corrected chi connectivity index (χ0v) is 17.0. The number of hydrogen-bond donors (Lipinski definition) is 1. The van der Waals surface area contributed by atoms with Crippen LogP contribution < -0.4 is 5.32 Å². The minimum Gasteiger partial charge on any atom is -0.352 e. The van der Waals surface area contributed by atoms with Crippen LogP contribution in [0.5, 0.6) is 0 Å². The number of carbonyl (C=O) groups excluding carboxylic acids is 1. The van der Waals surface area contributed by atoms with Gasteiger partial charge in [0.05, 0.1) is 11.4 Å². The molecule has 1 N–H and O–H groups in total. The summed E-state index contributed by atoms with van der Waals surface area (Å²) in [5, 5.41) is 4.88. The number of nitrogens with one attached hydrogen (secondary N) is 1. The third-order valence-electron chi connectivity index (χ3n) is 5.85. The highest BCUT2D eigenvalue weighted by Crippen LogP contribution is 2.29. The Morgan fingerprint density at radius 3 is 2.56 bits per heavy atom. The number of likely N-dealkylation sites (N-methyl/N-ethyl adjacent to an activating group) is 1. The number of hydrogen-bond acceptors (Lipinski definition) is 3. The highest BCUT2D eigenvalue weighted by molar-refractivity contribution is 7.89. The summed E-state index contributed by atoms with van der Waals surface area (Å²) in [5.74, 6) is 0.737. The zero-order valence-electron chi connectivity index (χ0n) is 16.2. The Bertz CT molecular complexity index is 926. The van der Waals surface area contributed by atoms with Crippen molar-refractivity contribution in [2.24, 2.45) is 11.8 Å². The molecule has 6 heteroatoms. The van der Waals surface area contributed by atoms with Crippen LogP contribution in [0.2, 0.25) is 0 Å².